The van der Waals surface area contributed by atoms with Crippen molar-refractivity contribution in [1.82, 2.24) is 15.6 Å². The smallest absolute Gasteiger partial charge is 0.192 e. The van der Waals surface area contributed by atoms with Gasteiger partial charge in [-0.1, -0.05) is 24.1 Å². The minimum atomic E-state index is 0.484. The number of para-hydroxylation sites is 1. The average Bonchev–Trinajstić information content (AvgIpc) is 2.81. The summed E-state index contributed by atoms with van der Waals surface area (Å²) in [4.78, 5) is 7.98. The number of aromatic amines is 1. The molecule has 0 radical (unpaired) electrons. The first-order valence-electron chi connectivity index (χ1n) is 7.28. The number of rotatable bonds is 5. The van der Waals surface area contributed by atoms with Crippen LogP contribution in [0.3, 0.4) is 0 Å². The van der Waals surface area contributed by atoms with Crippen molar-refractivity contribution < 1.29 is 0 Å². The van der Waals surface area contributed by atoms with E-state index in [0.717, 1.165) is 25.5 Å². The van der Waals surface area contributed by atoms with Crippen LogP contribution in [0.2, 0.25) is 0 Å². The van der Waals surface area contributed by atoms with E-state index in [0.29, 0.717) is 6.54 Å². The van der Waals surface area contributed by atoms with Gasteiger partial charge in [0.2, 0.25) is 0 Å². The number of hydrogen-bond donors (Lipinski definition) is 3. The summed E-state index contributed by atoms with van der Waals surface area (Å²) in [6.07, 6.45) is 6.17. The van der Waals surface area contributed by atoms with Crippen LogP contribution in [0.1, 0.15) is 18.2 Å². The van der Waals surface area contributed by atoms with Crippen molar-refractivity contribution in [2.24, 2.45) is 4.99 Å². The Kier molecular flexibility index (Phi) is 5.28. The van der Waals surface area contributed by atoms with Crippen LogP contribution in [-0.4, -0.2) is 30.6 Å². The highest BCUT2D eigenvalue weighted by Crippen LogP contribution is 2.22. The molecule has 4 heteroatoms. The zero-order valence-electron chi connectivity index (χ0n) is 12.7. The number of aryl methyl sites for hydroxylation is 1. The molecular formula is C17H22N4. The van der Waals surface area contributed by atoms with Crippen LogP contribution in [0.5, 0.6) is 0 Å². The van der Waals surface area contributed by atoms with Crippen LogP contribution in [0, 0.1) is 19.3 Å². The second-order valence-corrected chi connectivity index (χ2v) is 4.84. The minimum absolute atomic E-state index is 0.484. The summed E-state index contributed by atoms with van der Waals surface area (Å²) < 4.78 is 0. The number of aromatic nitrogens is 1. The highest BCUT2D eigenvalue weighted by Gasteiger charge is 2.07. The van der Waals surface area contributed by atoms with Gasteiger partial charge in [-0.25, -0.2) is 0 Å². The maximum absolute atomic E-state index is 5.26. The maximum atomic E-state index is 5.26. The molecule has 110 valence electrons. The van der Waals surface area contributed by atoms with Gasteiger partial charge in [0.1, 0.15) is 0 Å². The van der Waals surface area contributed by atoms with Gasteiger partial charge in [-0.15, -0.1) is 6.42 Å². The molecule has 0 saturated carbocycles. The maximum Gasteiger partial charge on any atom is 0.192 e. The largest absolute Gasteiger partial charge is 0.358 e. The van der Waals surface area contributed by atoms with Gasteiger partial charge in [-0.3, -0.25) is 4.99 Å². The Labute approximate surface area is 126 Å². The molecular weight excluding hydrogens is 260 g/mol. The Balaban J connectivity index is 2.06. The van der Waals surface area contributed by atoms with Gasteiger partial charge in [0.15, 0.2) is 5.96 Å². The van der Waals surface area contributed by atoms with Crippen molar-refractivity contribution in [1.29, 1.82) is 0 Å². The second kappa shape index (κ2) is 7.39. The molecule has 21 heavy (non-hydrogen) atoms. The van der Waals surface area contributed by atoms with Crippen LogP contribution in [-0.2, 0) is 6.42 Å². The fourth-order valence-corrected chi connectivity index (χ4v) is 2.41. The van der Waals surface area contributed by atoms with Gasteiger partial charge in [-0.2, -0.15) is 0 Å². The number of fused-ring (bicyclic) bond motifs is 1. The summed E-state index contributed by atoms with van der Waals surface area (Å²) in [5, 5.41) is 7.57. The van der Waals surface area contributed by atoms with E-state index in [4.69, 9.17) is 6.42 Å². The zero-order valence-corrected chi connectivity index (χ0v) is 12.7. The molecule has 0 aliphatic rings. The quantitative estimate of drug-likeness (QED) is 0.447. The summed E-state index contributed by atoms with van der Waals surface area (Å²) in [5.41, 5.74) is 3.74. The lowest BCUT2D eigenvalue weighted by molar-refractivity contribution is 0.855. The van der Waals surface area contributed by atoms with Crippen molar-refractivity contribution in [3.63, 3.8) is 0 Å². The summed E-state index contributed by atoms with van der Waals surface area (Å²) in [5.74, 6) is 3.33. The zero-order chi connectivity index (χ0) is 15.1. The highest BCUT2D eigenvalue weighted by atomic mass is 15.2. The molecule has 0 atom stereocenters. The summed E-state index contributed by atoms with van der Waals surface area (Å²) in [7, 11) is 0. The van der Waals surface area contributed by atoms with Gasteiger partial charge < -0.3 is 15.6 Å². The van der Waals surface area contributed by atoms with Gasteiger partial charge in [0, 0.05) is 29.7 Å². The number of H-pyrrole nitrogens is 1. The molecule has 1 aromatic carbocycles. The summed E-state index contributed by atoms with van der Waals surface area (Å²) in [6.45, 7) is 6.18. The van der Waals surface area contributed by atoms with E-state index in [9.17, 15) is 0 Å². The topological polar surface area (TPSA) is 52.2 Å². The predicted octanol–water partition coefficient (Wildman–Crippen LogP) is 2.21. The molecule has 4 nitrogen and oxygen atoms in total. The van der Waals surface area contributed by atoms with Crippen molar-refractivity contribution in [2.75, 3.05) is 19.6 Å². The number of aliphatic imine (C=N–C) groups is 1. The van der Waals surface area contributed by atoms with E-state index in [-0.39, 0.29) is 0 Å². The van der Waals surface area contributed by atoms with Crippen LogP contribution >= 0.6 is 0 Å². The minimum Gasteiger partial charge on any atom is -0.358 e. The van der Waals surface area contributed by atoms with Crippen LogP contribution in [0.15, 0.2) is 29.3 Å². The van der Waals surface area contributed by atoms with Crippen LogP contribution in [0.4, 0.5) is 0 Å². The molecule has 0 saturated heterocycles. The molecule has 0 unspecified atom stereocenters. The first-order valence-corrected chi connectivity index (χ1v) is 7.28. The lowest BCUT2D eigenvalue weighted by Gasteiger charge is -2.08. The Morgan fingerprint density at radius 2 is 2.14 bits per heavy atom. The van der Waals surface area contributed by atoms with Gasteiger partial charge >= 0.3 is 0 Å². The van der Waals surface area contributed by atoms with E-state index in [1.165, 1.54) is 22.2 Å². The second-order valence-electron chi connectivity index (χ2n) is 4.84. The number of nitrogens with one attached hydrogen (secondary N) is 3. The van der Waals surface area contributed by atoms with Crippen LogP contribution in [0.25, 0.3) is 10.9 Å². The molecule has 0 bridgehead atoms. The monoisotopic (exact) mass is 282 g/mol. The molecule has 2 rings (SSSR count). The fourth-order valence-electron chi connectivity index (χ4n) is 2.41. The molecule has 0 spiro atoms. The molecule has 0 aliphatic carbocycles. The van der Waals surface area contributed by atoms with Crippen LogP contribution < -0.4 is 10.6 Å². The van der Waals surface area contributed by atoms with E-state index in [1.54, 1.807) is 0 Å². The van der Waals surface area contributed by atoms with E-state index in [1.807, 2.05) is 13.0 Å². The van der Waals surface area contributed by atoms with E-state index < -0.39 is 0 Å². The average molecular weight is 282 g/mol. The van der Waals surface area contributed by atoms with Gasteiger partial charge in [-0.05, 0) is 31.9 Å². The molecule has 1 heterocycles. The molecule has 2 aromatic rings. The van der Waals surface area contributed by atoms with E-state index >= 15 is 0 Å². The lowest BCUT2D eigenvalue weighted by Crippen LogP contribution is -2.37. The summed E-state index contributed by atoms with van der Waals surface area (Å²) in [6, 6.07) is 8.38. The molecule has 1 aromatic heterocycles. The number of nitrogens with zero attached hydrogens (tertiary/aromatic N) is 1. The van der Waals surface area contributed by atoms with Crippen molar-refractivity contribution in [3.8, 4) is 12.3 Å². The first-order chi connectivity index (χ1) is 10.3. The van der Waals surface area contributed by atoms with Gasteiger partial charge in [0.25, 0.3) is 0 Å². The Bertz CT molecular complexity index is 661. The Morgan fingerprint density at radius 3 is 2.90 bits per heavy atom. The molecule has 0 amide bonds. The van der Waals surface area contributed by atoms with Crippen molar-refractivity contribution in [3.05, 3.63) is 35.5 Å². The lowest BCUT2D eigenvalue weighted by atomic mass is 10.1. The highest BCUT2D eigenvalue weighted by molar-refractivity contribution is 5.84. The Morgan fingerprint density at radius 1 is 1.33 bits per heavy atom. The Hall–Kier alpha value is -2.41. The van der Waals surface area contributed by atoms with Crippen molar-refractivity contribution in [2.45, 2.75) is 20.3 Å². The third-order valence-electron chi connectivity index (χ3n) is 3.36. The SMILES string of the molecule is C#CCNC(=NCCc1c(C)[nH]c2ccccc12)NCC. The number of terminal acetylenes is 1. The number of guanidine groups is 1. The third kappa shape index (κ3) is 3.79. The molecule has 0 fully saturated rings. The van der Waals surface area contributed by atoms with E-state index in [2.05, 4.69) is 51.7 Å². The van der Waals surface area contributed by atoms with Gasteiger partial charge in [0.05, 0.1) is 6.54 Å². The number of benzene rings is 1. The summed E-state index contributed by atoms with van der Waals surface area (Å²) >= 11 is 0. The third-order valence-corrected chi connectivity index (χ3v) is 3.36. The first kappa shape index (κ1) is 15.0. The van der Waals surface area contributed by atoms with Crippen molar-refractivity contribution >= 4 is 16.9 Å². The molecule has 0 aliphatic heterocycles. The predicted molar refractivity (Wildman–Crippen MR) is 89.6 cm³/mol. The standard InChI is InChI=1S/C17H22N4/c1-4-11-19-17(18-5-2)20-12-10-14-13(3)21-16-9-7-6-8-15(14)16/h1,6-9,21H,5,10-12H2,2-3H3,(H2,18,19,20). The number of hydrogen-bond acceptors (Lipinski definition) is 1. The molecule has 3 N–H and O–H groups in total. The fraction of sp³-hybridized carbons (Fsp3) is 0.353. The normalized spacial score (nSPS) is 11.4.